The van der Waals surface area contributed by atoms with Crippen LogP contribution in [0.15, 0.2) is 24.3 Å². The SMILES string of the molecule is CC(C)(C)OCCC(CO)(CO)c1ccc(F)cc1. The molecule has 3 nitrogen and oxygen atoms in total. The fourth-order valence-electron chi connectivity index (χ4n) is 1.89. The monoisotopic (exact) mass is 270 g/mol. The van der Waals surface area contributed by atoms with Gasteiger partial charge in [0, 0.05) is 12.0 Å². The number of hydrogen-bond acceptors (Lipinski definition) is 3. The lowest BCUT2D eigenvalue weighted by atomic mass is 9.79. The molecule has 0 bridgehead atoms. The van der Waals surface area contributed by atoms with Gasteiger partial charge in [-0.2, -0.15) is 0 Å². The fourth-order valence-corrected chi connectivity index (χ4v) is 1.89. The first kappa shape index (κ1) is 16.1. The molecule has 4 heteroatoms. The zero-order valence-electron chi connectivity index (χ0n) is 11.8. The molecular formula is C15H23FO3. The standard InChI is InChI=1S/C15H23FO3/c1-14(2,3)19-9-8-15(10-17,11-18)12-4-6-13(16)7-5-12/h4-7,17-18H,8-11H2,1-3H3. The van der Waals surface area contributed by atoms with Gasteiger partial charge in [0.15, 0.2) is 0 Å². The third-order valence-electron chi connectivity index (χ3n) is 3.18. The fraction of sp³-hybridized carbons (Fsp3) is 0.600. The van der Waals surface area contributed by atoms with E-state index in [9.17, 15) is 14.6 Å². The Bertz CT molecular complexity index is 377. The van der Waals surface area contributed by atoms with Crippen LogP contribution >= 0.6 is 0 Å². The second kappa shape index (κ2) is 6.46. The molecule has 1 aromatic rings. The third kappa shape index (κ3) is 4.56. The van der Waals surface area contributed by atoms with E-state index in [4.69, 9.17) is 4.74 Å². The van der Waals surface area contributed by atoms with Crippen LogP contribution < -0.4 is 0 Å². The molecule has 108 valence electrons. The van der Waals surface area contributed by atoms with E-state index in [1.54, 1.807) is 12.1 Å². The molecule has 1 aromatic carbocycles. The van der Waals surface area contributed by atoms with Gasteiger partial charge in [-0.3, -0.25) is 0 Å². The van der Waals surface area contributed by atoms with E-state index >= 15 is 0 Å². The molecule has 1 rings (SSSR count). The maximum atomic E-state index is 12.9. The van der Waals surface area contributed by atoms with E-state index in [0.29, 0.717) is 13.0 Å². The zero-order valence-corrected chi connectivity index (χ0v) is 11.8. The quantitative estimate of drug-likeness (QED) is 0.833. The van der Waals surface area contributed by atoms with Gasteiger partial charge in [0.25, 0.3) is 0 Å². The number of aliphatic hydroxyl groups is 2. The third-order valence-corrected chi connectivity index (χ3v) is 3.18. The van der Waals surface area contributed by atoms with E-state index in [-0.39, 0.29) is 24.6 Å². The van der Waals surface area contributed by atoms with Gasteiger partial charge in [0.2, 0.25) is 0 Å². The van der Waals surface area contributed by atoms with Crippen molar-refractivity contribution in [2.75, 3.05) is 19.8 Å². The van der Waals surface area contributed by atoms with Crippen LogP contribution in [0.4, 0.5) is 4.39 Å². The molecule has 0 aliphatic carbocycles. The highest BCUT2D eigenvalue weighted by Gasteiger charge is 2.31. The Morgan fingerprint density at radius 2 is 1.58 bits per heavy atom. The van der Waals surface area contributed by atoms with E-state index in [1.165, 1.54) is 12.1 Å². The van der Waals surface area contributed by atoms with Gasteiger partial charge in [0.1, 0.15) is 5.82 Å². The average molecular weight is 270 g/mol. The van der Waals surface area contributed by atoms with Crippen LogP contribution in [0, 0.1) is 5.82 Å². The van der Waals surface area contributed by atoms with Crippen molar-refractivity contribution in [3.05, 3.63) is 35.6 Å². The number of halogens is 1. The second-order valence-electron chi connectivity index (χ2n) is 5.81. The summed E-state index contributed by atoms with van der Waals surface area (Å²) in [5.74, 6) is -0.334. The molecular weight excluding hydrogens is 247 g/mol. The minimum Gasteiger partial charge on any atom is -0.395 e. The van der Waals surface area contributed by atoms with Crippen LogP contribution in [0.25, 0.3) is 0 Å². The molecule has 19 heavy (non-hydrogen) atoms. The van der Waals surface area contributed by atoms with Gasteiger partial charge in [0.05, 0.1) is 18.8 Å². The number of aliphatic hydroxyl groups excluding tert-OH is 2. The van der Waals surface area contributed by atoms with Crippen LogP contribution in [0.5, 0.6) is 0 Å². The number of rotatable bonds is 6. The molecule has 0 saturated carbocycles. The molecule has 0 unspecified atom stereocenters. The Morgan fingerprint density at radius 1 is 1.05 bits per heavy atom. The van der Waals surface area contributed by atoms with Crippen LogP contribution in [0.3, 0.4) is 0 Å². The molecule has 0 aliphatic heterocycles. The van der Waals surface area contributed by atoms with Crippen molar-refractivity contribution < 1.29 is 19.3 Å². The van der Waals surface area contributed by atoms with Gasteiger partial charge in [-0.1, -0.05) is 12.1 Å². The predicted octanol–water partition coefficient (Wildman–Crippen LogP) is 2.25. The van der Waals surface area contributed by atoms with Gasteiger partial charge >= 0.3 is 0 Å². The van der Waals surface area contributed by atoms with Gasteiger partial charge in [-0.05, 0) is 44.9 Å². The minimum atomic E-state index is -0.793. The van der Waals surface area contributed by atoms with E-state index in [2.05, 4.69) is 0 Å². The highest BCUT2D eigenvalue weighted by atomic mass is 19.1. The van der Waals surface area contributed by atoms with Crippen LogP contribution in [-0.2, 0) is 10.2 Å². The number of ether oxygens (including phenoxy) is 1. The minimum absolute atomic E-state index is 0.206. The van der Waals surface area contributed by atoms with Crippen LogP contribution in [-0.4, -0.2) is 35.6 Å². The molecule has 2 N–H and O–H groups in total. The Kier molecular flexibility index (Phi) is 5.47. The van der Waals surface area contributed by atoms with Crippen molar-refractivity contribution >= 4 is 0 Å². The molecule has 0 spiro atoms. The summed E-state index contributed by atoms with van der Waals surface area (Å²) in [4.78, 5) is 0. The van der Waals surface area contributed by atoms with E-state index in [0.717, 1.165) is 5.56 Å². The highest BCUT2D eigenvalue weighted by molar-refractivity contribution is 5.26. The summed E-state index contributed by atoms with van der Waals surface area (Å²) in [5, 5.41) is 19.2. The Hall–Kier alpha value is -0.970. The summed E-state index contributed by atoms with van der Waals surface area (Å²) >= 11 is 0. The highest BCUT2D eigenvalue weighted by Crippen LogP contribution is 2.28. The summed E-state index contributed by atoms with van der Waals surface area (Å²) < 4.78 is 18.6. The second-order valence-corrected chi connectivity index (χ2v) is 5.81. The van der Waals surface area contributed by atoms with Gasteiger partial charge in [-0.25, -0.2) is 4.39 Å². The largest absolute Gasteiger partial charge is 0.395 e. The first-order valence-electron chi connectivity index (χ1n) is 6.45. The lowest BCUT2D eigenvalue weighted by Crippen LogP contribution is -2.37. The molecule has 0 fully saturated rings. The molecule has 0 atom stereocenters. The Morgan fingerprint density at radius 3 is 2.00 bits per heavy atom. The summed E-state index contributed by atoms with van der Waals surface area (Å²) in [6.45, 7) is 5.85. The van der Waals surface area contributed by atoms with Crippen molar-refractivity contribution in [2.24, 2.45) is 0 Å². The molecule has 0 amide bonds. The van der Waals surface area contributed by atoms with E-state index in [1.807, 2.05) is 20.8 Å². The number of hydrogen-bond donors (Lipinski definition) is 2. The van der Waals surface area contributed by atoms with Crippen molar-refractivity contribution in [2.45, 2.75) is 38.2 Å². The summed E-state index contributed by atoms with van der Waals surface area (Å²) in [5.41, 5.74) is -0.338. The lowest BCUT2D eigenvalue weighted by molar-refractivity contribution is -0.0219. The van der Waals surface area contributed by atoms with Gasteiger partial charge < -0.3 is 14.9 Å². The first-order chi connectivity index (χ1) is 8.83. The zero-order chi connectivity index (χ0) is 14.5. The summed E-state index contributed by atoms with van der Waals surface area (Å²) in [7, 11) is 0. The molecule has 0 aromatic heterocycles. The predicted molar refractivity (Wildman–Crippen MR) is 72.6 cm³/mol. The van der Waals surface area contributed by atoms with E-state index < -0.39 is 5.41 Å². The van der Waals surface area contributed by atoms with Crippen molar-refractivity contribution in [1.82, 2.24) is 0 Å². The van der Waals surface area contributed by atoms with Crippen molar-refractivity contribution in [1.29, 1.82) is 0 Å². The first-order valence-corrected chi connectivity index (χ1v) is 6.45. The summed E-state index contributed by atoms with van der Waals surface area (Å²) in [6.07, 6.45) is 0.475. The van der Waals surface area contributed by atoms with Crippen molar-refractivity contribution in [3.63, 3.8) is 0 Å². The normalized spacial score (nSPS) is 12.7. The topological polar surface area (TPSA) is 49.7 Å². The Labute approximate surface area is 114 Å². The molecule has 0 aliphatic rings. The number of benzene rings is 1. The molecule has 0 saturated heterocycles. The summed E-state index contributed by atoms with van der Waals surface area (Å²) in [6, 6.07) is 5.86. The maximum Gasteiger partial charge on any atom is 0.123 e. The van der Waals surface area contributed by atoms with Crippen molar-refractivity contribution in [3.8, 4) is 0 Å². The molecule has 0 radical (unpaired) electrons. The molecule has 0 heterocycles. The van der Waals surface area contributed by atoms with Gasteiger partial charge in [-0.15, -0.1) is 0 Å². The maximum absolute atomic E-state index is 12.9. The van der Waals surface area contributed by atoms with Crippen LogP contribution in [0.2, 0.25) is 0 Å². The Balaban J connectivity index is 2.82. The average Bonchev–Trinajstić information content (AvgIpc) is 2.35. The smallest absolute Gasteiger partial charge is 0.123 e. The lowest BCUT2D eigenvalue weighted by Gasteiger charge is -2.32. The van der Waals surface area contributed by atoms with Crippen LogP contribution in [0.1, 0.15) is 32.8 Å².